The summed E-state index contributed by atoms with van der Waals surface area (Å²) in [5.41, 5.74) is 5.91. The van der Waals surface area contributed by atoms with Crippen molar-refractivity contribution in [2.45, 2.75) is 58.8 Å². The van der Waals surface area contributed by atoms with Gasteiger partial charge in [-0.15, -0.1) is 0 Å². The van der Waals surface area contributed by atoms with Crippen LogP contribution in [0.15, 0.2) is 83.3 Å². The maximum Gasteiger partial charge on any atom is 0.325 e. The van der Waals surface area contributed by atoms with Crippen molar-refractivity contribution in [2.75, 3.05) is 24.6 Å². The van der Waals surface area contributed by atoms with Crippen molar-refractivity contribution in [1.82, 2.24) is 0 Å². The number of esters is 1. The highest BCUT2D eigenvalue weighted by molar-refractivity contribution is 6.24. The predicted molar refractivity (Wildman–Crippen MR) is 154 cm³/mol. The van der Waals surface area contributed by atoms with E-state index in [2.05, 4.69) is 51.3 Å². The SMILES string of the molecule is CCC[N+]1=C(C=C2C(=O)C(C=C3N(CC(=O)OCC)c4ccccc4C3(C)C)=C2O)C(C)(C)c2ccccc21. The molecule has 0 amide bonds. The first-order chi connectivity index (χ1) is 18.5. The summed E-state index contributed by atoms with van der Waals surface area (Å²) in [6, 6.07) is 16.2. The summed E-state index contributed by atoms with van der Waals surface area (Å²) in [6.45, 7) is 13.5. The zero-order chi connectivity index (χ0) is 28.1. The van der Waals surface area contributed by atoms with Gasteiger partial charge in [0.2, 0.25) is 11.5 Å². The van der Waals surface area contributed by atoms with Gasteiger partial charge in [0.05, 0.1) is 23.2 Å². The van der Waals surface area contributed by atoms with Crippen molar-refractivity contribution in [3.8, 4) is 0 Å². The van der Waals surface area contributed by atoms with Gasteiger partial charge >= 0.3 is 5.97 Å². The molecular formula is C33H37N2O4+. The number of ether oxygens (including phenoxy) is 1. The highest BCUT2D eigenvalue weighted by Crippen LogP contribution is 2.49. The molecule has 2 aromatic rings. The first kappa shape index (κ1) is 26.7. The molecule has 2 aromatic carbocycles. The first-order valence-electron chi connectivity index (χ1n) is 13.7. The van der Waals surface area contributed by atoms with Gasteiger partial charge in [0.15, 0.2) is 5.71 Å². The van der Waals surface area contributed by atoms with Gasteiger partial charge in [-0.25, -0.2) is 0 Å². The number of aliphatic hydroxyl groups excluding tert-OH is 1. The molecule has 3 aliphatic rings. The third-order valence-electron chi connectivity index (χ3n) is 8.20. The molecule has 202 valence electrons. The number of hydrogen-bond acceptors (Lipinski definition) is 5. The summed E-state index contributed by atoms with van der Waals surface area (Å²) < 4.78 is 7.50. The normalized spacial score (nSPS) is 21.0. The number of benzene rings is 2. The number of hydrogen-bond donors (Lipinski definition) is 1. The quantitative estimate of drug-likeness (QED) is 0.271. The second kappa shape index (κ2) is 9.67. The minimum absolute atomic E-state index is 0.00829. The third kappa shape index (κ3) is 4.13. The monoisotopic (exact) mass is 525 g/mol. The number of fused-ring (bicyclic) bond motifs is 2. The van der Waals surface area contributed by atoms with Crippen molar-refractivity contribution >= 4 is 28.8 Å². The molecule has 0 saturated heterocycles. The summed E-state index contributed by atoms with van der Waals surface area (Å²) in [5.74, 6) is -0.547. The van der Waals surface area contributed by atoms with E-state index in [0.29, 0.717) is 12.2 Å². The molecule has 0 radical (unpaired) electrons. The standard InChI is InChI=1S/C33H36N2O4/c1-7-17-34-25-15-11-9-13-23(25)32(3,4)27(34)18-21-30(37)22(31(21)38)19-28-33(5,6)24-14-10-12-16-26(24)35(28)20-29(36)39-8-2/h9-16,18-19H,7-8,17,20H2,1-6H3/p+1. The lowest BCUT2D eigenvalue weighted by molar-refractivity contribution is -0.437. The van der Waals surface area contributed by atoms with E-state index < -0.39 is 5.41 Å². The van der Waals surface area contributed by atoms with E-state index in [1.165, 1.54) is 5.56 Å². The number of carbonyl (C=O) groups is 2. The topological polar surface area (TPSA) is 69.9 Å². The number of rotatable bonds is 7. The number of anilines is 1. The van der Waals surface area contributed by atoms with Gasteiger partial charge in [0.1, 0.15) is 18.8 Å². The second-order valence-corrected chi connectivity index (χ2v) is 11.4. The molecule has 6 nitrogen and oxygen atoms in total. The molecule has 2 aliphatic heterocycles. The average molecular weight is 526 g/mol. The fraction of sp³-hybridized carbons (Fsp3) is 0.364. The Hall–Kier alpha value is -3.93. The predicted octanol–water partition coefficient (Wildman–Crippen LogP) is 6.04. The molecule has 0 atom stereocenters. The fourth-order valence-corrected chi connectivity index (χ4v) is 6.16. The third-order valence-corrected chi connectivity index (χ3v) is 8.20. The van der Waals surface area contributed by atoms with Crippen molar-refractivity contribution in [1.29, 1.82) is 0 Å². The molecule has 0 bridgehead atoms. The minimum Gasteiger partial charge on any atom is -0.506 e. The van der Waals surface area contributed by atoms with Crippen LogP contribution >= 0.6 is 0 Å². The Morgan fingerprint density at radius 1 is 0.974 bits per heavy atom. The average Bonchev–Trinajstić information content (AvgIpc) is 3.25. The largest absolute Gasteiger partial charge is 0.506 e. The Morgan fingerprint density at radius 2 is 1.64 bits per heavy atom. The number of allylic oxidation sites excluding steroid dienone is 5. The van der Waals surface area contributed by atoms with E-state index in [1.807, 2.05) is 47.4 Å². The van der Waals surface area contributed by atoms with E-state index in [9.17, 15) is 14.7 Å². The number of ketones is 1. The molecular weight excluding hydrogens is 488 g/mol. The number of aliphatic hydroxyl groups is 1. The second-order valence-electron chi connectivity index (χ2n) is 11.4. The Labute approximate surface area is 230 Å². The lowest BCUT2D eigenvalue weighted by atomic mass is 9.77. The van der Waals surface area contributed by atoms with E-state index >= 15 is 0 Å². The van der Waals surface area contributed by atoms with Crippen LogP contribution < -0.4 is 4.90 Å². The zero-order valence-corrected chi connectivity index (χ0v) is 23.7. The van der Waals surface area contributed by atoms with Crippen LogP contribution in [0.5, 0.6) is 0 Å². The summed E-state index contributed by atoms with van der Waals surface area (Å²) in [7, 11) is 0. The van der Waals surface area contributed by atoms with Gasteiger partial charge in [0, 0.05) is 40.9 Å². The van der Waals surface area contributed by atoms with Crippen LogP contribution in [0.4, 0.5) is 11.4 Å². The summed E-state index contributed by atoms with van der Waals surface area (Å²) in [5, 5.41) is 11.2. The molecule has 1 N–H and O–H groups in total. The summed E-state index contributed by atoms with van der Waals surface area (Å²) in [4.78, 5) is 27.9. The van der Waals surface area contributed by atoms with Crippen molar-refractivity contribution < 1.29 is 24.0 Å². The van der Waals surface area contributed by atoms with E-state index in [-0.39, 0.29) is 35.0 Å². The van der Waals surface area contributed by atoms with Crippen molar-refractivity contribution in [3.05, 3.63) is 94.4 Å². The summed E-state index contributed by atoms with van der Waals surface area (Å²) >= 11 is 0. The van der Waals surface area contributed by atoms with Crippen LogP contribution in [0.1, 0.15) is 59.1 Å². The Morgan fingerprint density at radius 3 is 2.31 bits per heavy atom. The number of para-hydroxylation sites is 2. The molecule has 39 heavy (non-hydrogen) atoms. The van der Waals surface area contributed by atoms with Crippen LogP contribution in [-0.4, -0.2) is 46.8 Å². The number of Topliss-reactive ketones (excluding diaryl/α,β-unsaturated/α-hetero) is 1. The molecule has 0 saturated carbocycles. The van der Waals surface area contributed by atoms with Gasteiger partial charge in [-0.3, -0.25) is 9.59 Å². The van der Waals surface area contributed by atoms with Crippen LogP contribution in [-0.2, 0) is 25.2 Å². The minimum atomic E-state index is -0.474. The van der Waals surface area contributed by atoms with Crippen LogP contribution in [0.3, 0.4) is 0 Å². The fourth-order valence-electron chi connectivity index (χ4n) is 6.16. The van der Waals surface area contributed by atoms with Gasteiger partial charge in [-0.05, 0) is 38.5 Å². The van der Waals surface area contributed by atoms with E-state index in [1.54, 1.807) is 13.0 Å². The Bertz CT molecular complexity index is 1500. The molecule has 1 aliphatic carbocycles. The van der Waals surface area contributed by atoms with E-state index in [0.717, 1.165) is 41.3 Å². The molecule has 0 spiro atoms. The van der Waals surface area contributed by atoms with Crippen LogP contribution in [0.2, 0.25) is 0 Å². The first-order valence-corrected chi connectivity index (χ1v) is 13.7. The Kier molecular flexibility index (Phi) is 6.61. The summed E-state index contributed by atoms with van der Waals surface area (Å²) in [6.07, 6.45) is 4.56. The number of nitrogens with zero attached hydrogens (tertiary/aromatic N) is 2. The molecule has 0 aromatic heterocycles. The number of carbonyl (C=O) groups excluding carboxylic acids is 2. The molecule has 6 heteroatoms. The molecule has 0 fully saturated rings. The van der Waals surface area contributed by atoms with Gasteiger partial charge in [0.25, 0.3) is 0 Å². The maximum atomic E-state index is 13.5. The van der Waals surface area contributed by atoms with Crippen molar-refractivity contribution in [3.63, 3.8) is 0 Å². The molecule has 0 unspecified atom stereocenters. The van der Waals surface area contributed by atoms with Gasteiger partial charge in [-0.2, -0.15) is 4.58 Å². The van der Waals surface area contributed by atoms with Crippen molar-refractivity contribution in [2.24, 2.45) is 0 Å². The van der Waals surface area contributed by atoms with E-state index in [4.69, 9.17) is 4.74 Å². The highest BCUT2D eigenvalue weighted by atomic mass is 16.5. The lowest BCUT2D eigenvalue weighted by Crippen LogP contribution is -2.34. The van der Waals surface area contributed by atoms with Gasteiger partial charge < -0.3 is 14.7 Å². The Balaban J connectivity index is 1.57. The smallest absolute Gasteiger partial charge is 0.325 e. The molecule has 2 heterocycles. The van der Waals surface area contributed by atoms with Gasteiger partial charge in [-0.1, -0.05) is 57.2 Å². The highest BCUT2D eigenvalue weighted by Gasteiger charge is 2.47. The lowest BCUT2D eigenvalue weighted by Gasteiger charge is -2.28. The maximum absolute atomic E-state index is 13.5. The van der Waals surface area contributed by atoms with Crippen LogP contribution in [0, 0.1) is 0 Å². The van der Waals surface area contributed by atoms with Crippen LogP contribution in [0.25, 0.3) is 0 Å². The molecule has 5 rings (SSSR count). The zero-order valence-electron chi connectivity index (χ0n) is 23.7.